The van der Waals surface area contributed by atoms with E-state index in [0.717, 1.165) is 48.4 Å². The molecule has 0 saturated heterocycles. The van der Waals surface area contributed by atoms with Gasteiger partial charge in [0.2, 0.25) is 0 Å². The van der Waals surface area contributed by atoms with Crippen LogP contribution in [0, 0.1) is 6.92 Å². The number of aromatic nitrogens is 3. The highest BCUT2D eigenvalue weighted by Crippen LogP contribution is 2.29. The number of aryl methyl sites for hydroxylation is 2. The van der Waals surface area contributed by atoms with E-state index in [0.29, 0.717) is 24.3 Å². The number of hydrogen-bond donors (Lipinski definition) is 2. The Balaban J connectivity index is 1.42. The fourth-order valence-corrected chi connectivity index (χ4v) is 3.65. The molecule has 9 nitrogen and oxygen atoms in total. The molecule has 0 radical (unpaired) electrons. The normalized spacial score (nSPS) is 14.3. The first-order valence-electron chi connectivity index (χ1n) is 10.3. The number of carbonyl (C=O) groups excluding carboxylic acids is 2. The fraction of sp³-hybridized carbons (Fsp3) is 0.318. The molecule has 2 amide bonds. The van der Waals surface area contributed by atoms with Gasteiger partial charge in [-0.1, -0.05) is 0 Å². The summed E-state index contributed by atoms with van der Waals surface area (Å²) in [4.78, 5) is 32.9. The Kier molecular flexibility index (Phi) is 6.21. The molecule has 3 heterocycles. The highest BCUT2D eigenvalue weighted by atomic mass is 16.4. The summed E-state index contributed by atoms with van der Waals surface area (Å²) in [7, 11) is 0. The summed E-state index contributed by atoms with van der Waals surface area (Å²) >= 11 is 0. The lowest BCUT2D eigenvalue weighted by Crippen LogP contribution is -2.25. The molecule has 4 rings (SSSR count). The Morgan fingerprint density at radius 1 is 1.16 bits per heavy atom. The van der Waals surface area contributed by atoms with Crippen molar-refractivity contribution in [3.05, 3.63) is 71.5 Å². The molecule has 160 valence electrons. The summed E-state index contributed by atoms with van der Waals surface area (Å²) < 4.78 is 7.86. The number of fused-ring (bicyclic) bond motifs is 1. The van der Waals surface area contributed by atoms with Crippen molar-refractivity contribution < 1.29 is 14.0 Å². The first kappa shape index (κ1) is 20.5. The van der Waals surface area contributed by atoms with E-state index >= 15 is 0 Å². The number of imidazole rings is 1. The number of pyridine rings is 1. The molecule has 0 unspecified atom stereocenters. The van der Waals surface area contributed by atoms with Gasteiger partial charge < -0.3 is 14.3 Å². The summed E-state index contributed by atoms with van der Waals surface area (Å²) in [5.41, 5.74) is 5.38. The average molecular weight is 420 g/mol. The van der Waals surface area contributed by atoms with Crippen LogP contribution in [0.15, 0.2) is 52.8 Å². The van der Waals surface area contributed by atoms with Crippen molar-refractivity contribution in [3.8, 4) is 0 Å². The van der Waals surface area contributed by atoms with E-state index in [1.54, 1.807) is 37.1 Å². The van der Waals surface area contributed by atoms with E-state index in [2.05, 4.69) is 25.8 Å². The van der Waals surface area contributed by atoms with Crippen molar-refractivity contribution >= 4 is 17.5 Å². The van der Waals surface area contributed by atoms with Crippen LogP contribution in [0.5, 0.6) is 0 Å². The van der Waals surface area contributed by atoms with Crippen molar-refractivity contribution in [2.24, 2.45) is 5.10 Å². The van der Waals surface area contributed by atoms with E-state index in [9.17, 15) is 9.59 Å². The molecule has 0 aromatic carbocycles. The third-order valence-corrected chi connectivity index (χ3v) is 5.20. The van der Waals surface area contributed by atoms with E-state index in [1.165, 1.54) is 0 Å². The Labute approximate surface area is 179 Å². The zero-order chi connectivity index (χ0) is 21.6. The predicted molar refractivity (Wildman–Crippen MR) is 114 cm³/mol. The van der Waals surface area contributed by atoms with Gasteiger partial charge in [0.1, 0.15) is 5.76 Å². The van der Waals surface area contributed by atoms with Gasteiger partial charge in [-0.3, -0.25) is 14.6 Å². The largest absolute Gasteiger partial charge is 0.455 e. The van der Waals surface area contributed by atoms with Gasteiger partial charge in [-0.2, -0.15) is 5.10 Å². The summed E-state index contributed by atoms with van der Waals surface area (Å²) in [6.45, 7) is 3.17. The molecule has 1 aliphatic rings. The van der Waals surface area contributed by atoms with Crippen molar-refractivity contribution in [2.75, 3.05) is 6.54 Å². The quantitative estimate of drug-likeness (QED) is 0.450. The standard InChI is InChI=1S/C22H24N6O3/c1-15-19-17(26-27-21(29)16-6-9-23-10-7-16)4-2-5-18(19)31-20(15)22(30)25-8-3-12-28-13-11-24-14-28/h6-7,9-11,13-14H,2-5,8,12H2,1H3,(H,25,30)(H,27,29)/b26-17+. The van der Waals surface area contributed by atoms with Crippen molar-refractivity contribution in [3.63, 3.8) is 0 Å². The van der Waals surface area contributed by atoms with Gasteiger partial charge in [-0.05, 0) is 38.3 Å². The lowest BCUT2D eigenvalue weighted by Gasteiger charge is -2.13. The van der Waals surface area contributed by atoms with Crippen LogP contribution in [0.25, 0.3) is 0 Å². The Morgan fingerprint density at radius 3 is 2.77 bits per heavy atom. The minimum atomic E-state index is -0.306. The Bertz CT molecular complexity index is 1090. The van der Waals surface area contributed by atoms with Crippen molar-refractivity contribution in [1.29, 1.82) is 0 Å². The van der Waals surface area contributed by atoms with Gasteiger partial charge in [0, 0.05) is 61.0 Å². The van der Waals surface area contributed by atoms with E-state index in [4.69, 9.17) is 4.42 Å². The highest BCUT2D eigenvalue weighted by molar-refractivity contribution is 6.07. The molecular formula is C22H24N6O3. The second-order valence-corrected chi connectivity index (χ2v) is 7.35. The lowest BCUT2D eigenvalue weighted by atomic mass is 9.93. The van der Waals surface area contributed by atoms with Crippen molar-refractivity contribution in [2.45, 2.75) is 39.2 Å². The summed E-state index contributed by atoms with van der Waals surface area (Å²) in [5, 5.41) is 7.25. The molecule has 9 heteroatoms. The molecule has 0 fully saturated rings. The molecule has 2 N–H and O–H groups in total. The molecule has 31 heavy (non-hydrogen) atoms. The van der Waals surface area contributed by atoms with Gasteiger partial charge in [0.15, 0.2) is 5.76 Å². The van der Waals surface area contributed by atoms with Crippen LogP contribution < -0.4 is 10.7 Å². The number of nitrogens with one attached hydrogen (secondary N) is 2. The number of furan rings is 1. The predicted octanol–water partition coefficient (Wildman–Crippen LogP) is 2.47. The monoisotopic (exact) mass is 420 g/mol. The first-order chi connectivity index (χ1) is 15.1. The Hall–Kier alpha value is -3.75. The van der Waals surface area contributed by atoms with Crippen LogP contribution >= 0.6 is 0 Å². The Morgan fingerprint density at radius 2 is 2.00 bits per heavy atom. The van der Waals surface area contributed by atoms with Gasteiger partial charge in [-0.15, -0.1) is 0 Å². The molecule has 0 aliphatic heterocycles. The summed E-state index contributed by atoms with van der Waals surface area (Å²) in [6.07, 6.45) is 11.6. The van der Waals surface area contributed by atoms with Crippen LogP contribution in [-0.2, 0) is 13.0 Å². The van der Waals surface area contributed by atoms with Crippen LogP contribution in [0.2, 0.25) is 0 Å². The number of hydrazone groups is 1. The van der Waals surface area contributed by atoms with Crippen LogP contribution in [0.1, 0.15) is 57.1 Å². The van der Waals surface area contributed by atoms with E-state index in [1.807, 2.05) is 17.7 Å². The minimum absolute atomic E-state index is 0.238. The first-order valence-corrected chi connectivity index (χ1v) is 10.3. The fourth-order valence-electron chi connectivity index (χ4n) is 3.65. The van der Waals surface area contributed by atoms with Gasteiger partial charge >= 0.3 is 0 Å². The molecular weight excluding hydrogens is 396 g/mol. The van der Waals surface area contributed by atoms with Crippen molar-refractivity contribution in [1.82, 2.24) is 25.3 Å². The minimum Gasteiger partial charge on any atom is -0.455 e. The second-order valence-electron chi connectivity index (χ2n) is 7.35. The lowest BCUT2D eigenvalue weighted by molar-refractivity contribution is 0.0920. The highest BCUT2D eigenvalue weighted by Gasteiger charge is 2.28. The molecule has 0 saturated carbocycles. The second kappa shape index (κ2) is 9.38. The molecule has 0 bridgehead atoms. The van der Waals surface area contributed by atoms with Gasteiger partial charge in [0.05, 0.1) is 12.0 Å². The SMILES string of the molecule is Cc1c(C(=O)NCCCn2ccnc2)oc2c1/C(=N/NC(=O)c1ccncc1)CCC2. The molecule has 3 aromatic heterocycles. The molecule has 0 atom stereocenters. The summed E-state index contributed by atoms with van der Waals surface area (Å²) in [5.74, 6) is 0.503. The molecule has 1 aliphatic carbocycles. The van der Waals surface area contributed by atoms with E-state index < -0.39 is 0 Å². The molecule has 0 spiro atoms. The number of amides is 2. The van der Waals surface area contributed by atoms with E-state index in [-0.39, 0.29) is 11.8 Å². The zero-order valence-corrected chi connectivity index (χ0v) is 17.3. The topological polar surface area (TPSA) is 114 Å². The maximum absolute atomic E-state index is 12.7. The third-order valence-electron chi connectivity index (χ3n) is 5.20. The number of hydrogen-bond acceptors (Lipinski definition) is 6. The molecule has 3 aromatic rings. The van der Waals surface area contributed by atoms with Crippen LogP contribution in [0.3, 0.4) is 0 Å². The number of nitrogens with zero attached hydrogens (tertiary/aromatic N) is 4. The number of rotatable bonds is 7. The summed E-state index contributed by atoms with van der Waals surface area (Å²) in [6, 6.07) is 3.25. The van der Waals surface area contributed by atoms with Gasteiger partial charge in [0.25, 0.3) is 11.8 Å². The number of carbonyl (C=O) groups is 2. The maximum Gasteiger partial charge on any atom is 0.287 e. The average Bonchev–Trinajstić information content (AvgIpc) is 3.44. The van der Waals surface area contributed by atoms with Gasteiger partial charge in [-0.25, -0.2) is 10.4 Å². The zero-order valence-electron chi connectivity index (χ0n) is 17.3. The van der Waals surface area contributed by atoms with Crippen LogP contribution in [0.4, 0.5) is 0 Å². The van der Waals surface area contributed by atoms with Crippen LogP contribution in [-0.4, -0.2) is 38.6 Å². The maximum atomic E-state index is 12.7. The smallest absolute Gasteiger partial charge is 0.287 e. The third kappa shape index (κ3) is 4.71.